The zero-order valence-corrected chi connectivity index (χ0v) is 17.2. The molecule has 3 rings (SSSR count). The molecule has 0 saturated carbocycles. The molecule has 0 heterocycles. The second kappa shape index (κ2) is 8.95. The van der Waals surface area contributed by atoms with E-state index in [9.17, 15) is 9.59 Å². The van der Waals surface area contributed by atoms with Gasteiger partial charge < -0.3 is 14.2 Å². The van der Waals surface area contributed by atoms with Crippen molar-refractivity contribution in [2.45, 2.75) is 26.2 Å². The number of hydrogen-bond donors (Lipinski definition) is 0. The van der Waals surface area contributed by atoms with Crippen molar-refractivity contribution in [1.82, 2.24) is 0 Å². The zero-order valence-electron chi connectivity index (χ0n) is 17.2. The van der Waals surface area contributed by atoms with Gasteiger partial charge in [0.2, 0.25) is 0 Å². The van der Waals surface area contributed by atoms with Gasteiger partial charge in [0.15, 0.2) is 5.78 Å². The number of ether oxygens (including phenoxy) is 3. The number of rotatable bonds is 6. The van der Waals surface area contributed by atoms with E-state index in [2.05, 4.69) is 0 Å². The highest BCUT2D eigenvalue weighted by atomic mass is 16.5. The Morgan fingerprint density at radius 1 is 1.10 bits per heavy atom. The number of carbonyl (C=O) groups excluding carboxylic acids is 2. The van der Waals surface area contributed by atoms with Crippen LogP contribution < -0.4 is 9.47 Å². The maximum absolute atomic E-state index is 13.1. The van der Waals surface area contributed by atoms with Crippen molar-refractivity contribution in [3.63, 3.8) is 0 Å². The third-order valence-corrected chi connectivity index (χ3v) is 5.35. The first kappa shape index (κ1) is 20.6. The van der Waals surface area contributed by atoms with Crippen LogP contribution in [0.3, 0.4) is 0 Å². The highest BCUT2D eigenvalue weighted by Crippen LogP contribution is 2.43. The molecule has 0 spiro atoms. The molecular formula is C24H26O5. The van der Waals surface area contributed by atoms with Gasteiger partial charge in [-0.2, -0.15) is 0 Å². The molecule has 0 fully saturated rings. The standard InChI is InChI=1S/C24H26O5/c1-5-29-24(26)23-20(18-9-7-6-8-15(18)2)12-16(13-21(23)25)19-11-10-17(27-3)14-22(19)28-4/h6-11,13-14,20,23H,5,12H2,1-4H3/t20-,23+/m0/s1. The Morgan fingerprint density at radius 2 is 1.86 bits per heavy atom. The molecule has 0 unspecified atom stereocenters. The molecule has 0 radical (unpaired) electrons. The van der Waals surface area contributed by atoms with Gasteiger partial charge in [0.25, 0.3) is 0 Å². The fourth-order valence-corrected chi connectivity index (χ4v) is 3.93. The van der Waals surface area contributed by atoms with E-state index >= 15 is 0 Å². The van der Waals surface area contributed by atoms with Gasteiger partial charge in [-0.1, -0.05) is 24.3 Å². The van der Waals surface area contributed by atoms with E-state index in [0.29, 0.717) is 17.9 Å². The fraction of sp³-hybridized carbons (Fsp3) is 0.333. The summed E-state index contributed by atoms with van der Waals surface area (Å²) in [5, 5.41) is 0. The van der Waals surface area contributed by atoms with E-state index < -0.39 is 11.9 Å². The van der Waals surface area contributed by atoms with Crippen LogP contribution in [0.25, 0.3) is 5.57 Å². The van der Waals surface area contributed by atoms with Crippen LogP contribution in [0.15, 0.2) is 48.5 Å². The Morgan fingerprint density at radius 3 is 2.52 bits per heavy atom. The zero-order chi connectivity index (χ0) is 21.0. The molecule has 0 aliphatic heterocycles. The topological polar surface area (TPSA) is 61.8 Å². The van der Waals surface area contributed by atoms with Crippen molar-refractivity contribution >= 4 is 17.3 Å². The average molecular weight is 394 g/mol. The summed E-state index contributed by atoms with van der Waals surface area (Å²) in [7, 11) is 3.18. The molecule has 1 aliphatic rings. The molecule has 0 bridgehead atoms. The molecule has 152 valence electrons. The molecular weight excluding hydrogens is 368 g/mol. The molecule has 0 aromatic heterocycles. The largest absolute Gasteiger partial charge is 0.497 e. The quantitative estimate of drug-likeness (QED) is 0.539. The molecule has 5 heteroatoms. The van der Waals surface area contributed by atoms with Gasteiger partial charge in [-0.25, -0.2) is 0 Å². The molecule has 5 nitrogen and oxygen atoms in total. The maximum atomic E-state index is 13.1. The second-order valence-electron chi connectivity index (χ2n) is 7.04. The van der Waals surface area contributed by atoms with Gasteiger partial charge >= 0.3 is 5.97 Å². The van der Waals surface area contributed by atoms with E-state index in [1.54, 1.807) is 33.3 Å². The van der Waals surface area contributed by atoms with Crippen molar-refractivity contribution in [3.05, 3.63) is 65.2 Å². The maximum Gasteiger partial charge on any atom is 0.317 e. The minimum absolute atomic E-state index is 0.240. The molecule has 0 amide bonds. The number of esters is 1. The number of hydrogen-bond acceptors (Lipinski definition) is 5. The minimum Gasteiger partial charge on any atom is -0.497 e. The third-order valence-electron chi connectivity index (χ3n) is 5.35. The van der Waals surface area contributed by atoms with Gasteiger partial charge in [0.1, 0.15) is 17.4 Å². The van der Waals surface area contributed by atoms with Crippen molar-refractivity contribution in [3.8, 4) is 11.5 Å². The van der Waals surface area contributed by atoms with E-state index in [0.717, 1.165) is 22.3 Å². The third kappa shape index (κ3) is 4.19. The van der Waals surface area contributed by atoms with Crippen molar-refractivity contribution in [2.75, 3.05) is 20.8 Å². The summed E-state index contributed by atoms with van der Waals surface area (Å²) in [4.78, 5) is 25.7. The van der Waals surface area contributed by atoms with Gasteiger partial charge in [0, 0.05) is 17.5 Å². The summed E-state index contributed by atoms with van der Waals surface area (Å²) in [6.45, 7) is 3.98. The Kier molecular flexibility index (Phi) is 6.37. The Labute approximate surface area is 171 Å². The van der Waals surface area contributed by atoms with Crippen LogP contribution in [0, 0.1) is 12.8 Å². The number of benzene rings is 2. The second-order valence-corrected chi connectivity index (χ2v) is 7.04. The molecule has 1 aliphatic carbocycles. The highest BCUT2D eigenvalue weighted by molar-refractivity contribution is 6.11. The van der Waals surface area contributed by atoms with E-state index in [-0.39, 0.29) is 18.3 Å². The number of carbonyl (C=O) groups is 2. The highest BCUT2D eigenvalue weighted by Gasteiger charge is 2.40. The molecule has 0 saturated heterocycles. The lowest BCUT2D eigenvalue weighted by atomic mass is 9.72. The molecule has 2 atom stereocenters. The van der Waals surface area contributed by atoms with Crippen LogP contribution in [0.4, 0.5) is 0 Å². The van der Waals surface area contributed by atoms with Crippen molar-refractivity contribution in [2.24, 2.45) is 5.92 Å². The fourth-order valence-electron chi connectivity index (χ4n) is 3.93. The number of ketones is 1. The normalized spacial score (nSPS) is 18.8. The van der Waals surface area contributed by atoms with Crippen LogP contribution in [0.5, 0.6) is 11.5 Å². The van der Waals surface area contributed by atoms with Crippen LogP contribution in [-0.4, -0.2) is 32.6 Å². The lowest BCUT2D eigenvalue weighted by Gasteiger charge is -2.30. The smallest absolute Gasteiger partial charge is 0.317 e. The van der Waals surface area contributed by atoms with Gasteiger partial charge in [-0.05, 0) is 55.2 Å². The average Bonchev–Trinajstić information content (AvgIpc) is 2.73. The van der Waals surface area contributed by atoms with E-state index in [1.807, 2.05) is 43.3 Å². The number of methoxy groups -OCH3 is 2. The van der Waals surface area contributed by atoms with Crippen LogP contribution >= 0.6 is 0 Å². The molecule has 0 N–H and O–H groups in total. The van der Waals surface area contributed by atoms with E-state index in [4.69, 9.17) is 14.2 Å². The van der Waals surface area contributed by atoms with Crippen LogP contribution in [0.1, 0.15) is 36.0 Å². The first-order valence-corrected chi connectivity index (χ1v) is 9.69. The predicted octanol–water partition coefficient (Wildman–Crippen LogP) is 4.33. The Bertz CT molecular complexity index is 944. The van der Waals surface area contributed by atoms with Crippen molar-refractivity contribution < 1.29 is 23.8 Å². The summed E-state index contributed by atoms with van der Waals surface area (Å²) in [6, 6.07) is 13.4. The summed E-state index contributed by atoms with van der Waals surface area (Å²) in [5.41, 5.74) is 3.69. The predicted molar refractivity (Wildman–Crippen MR) is 111 cm³/mol. The first-order chi connectivity index (χ1) is 14.0. The SMILES string of the molecule is CCOC(=O)[C@H]1C(=O)C=C(c2ccc(OC)cc2OC)C[C@H]1c1ccccc1C. The minimum atomic E-state index is -0.843. The van der Waals surface area contributed by atoms with Gasteiger partial charge in [-0.15, -0.1) is 0 Å². The number of aryl methyl sites for hydroxylation is 1. The monoisotopic (exact) mass is 394 g/mol. The summed E-state index contributed by atoms with van der Waals surface area (Å²) >= 11 is 0. The van der Waals surface area contributed by atoms with E-state index in [1.165, 1.54) is 0 Å². The van der Waals surface area contributed by atoms with Gasteiger partial charge in [-0.3, -0.25) is 9.59 Å². The first-order valence-electron chi connectivity index (χ1n) is 9.69. The van der Waals surface area contributed by atoms with Crippen LogP contribution in [0.2, 0.25) is 0 Å². The van der Waals surface area contributed by atoms with Gasteiger partial charge in [0.05, 0.1) is 20.8 Å². The Balaban J connectivity index is 2.08. The summed E-state index contributed by atoms with van der Waals surface area (Å²) < 4.78 is 16.0. The molecule has 2 aromatic rings. The van der Waals surface area contributed by atoms with Crippen LogP contribution in [-0.2, 0) is 14.3 Å². The summed E-state index contributed by atoms with van der Waals surface area (Å²) in [6.07, 6.45) is 2.09. The molecule has 2 aromatic carbocycles. The lowest BCUT2D eigenvalue weighted by Crippen LogP contribution is -2.34. The number of allylic oxidation sites excluding steroid dienone is 2. The van der Waals surface area contributed by atoms with Crippen molar-refractivity contribution in [1.29, 1.82) is 0 Å². The molecule has 29 heavy (non-hydrogen) atoms. The lowest BCUT2D eigenvalue weighted by molar-refractivity contribution is -0.151. The Hall–Kier alpha value is -3.08. The summed E-state index contributed by atoms with van der Waals surface area (Å²) in [5.74, 6) is -0.549.